The van der Waals surface area contributed by atoms with E-state index in [1.807, 2.05) is 0 Å². The molecule has 1 aromatic rings. The number of benzene rings is 1. The van der Waals surface area contributed by atoms with Crippen LogP contribution in [0.25, 0.3) is 0 Å². The second-order valence-electron chi connectivity index (χ2n) is 4.85. The predicted molar refractivity (Wildman–Crippen MR) is 75.2 cm³/mol. The number of hydrogen-bond donors (Lipinski definition) is 3. The van der Waals surface area contributed by atoms with E-state index in [0.29, 0.717) is 22.8 Å². The van der Waals surface area contributed by atoms with Gasteiger partial charge in [-0.05, 0) is 24.6 Å². The minimum atomic E-state index is -0.316. The summed E-state index contributed by atoms with van der Waals surface area (Å²) in [6.45, 7) is 3.53. The Hall–Kier alpha value is -1.59. The summed E-state index contributed by atoms with van der Waals surface area (Å²) < 4.78 is 0. The van der Waals surface area contributed by atoms with Gasteiger partial charge in [-0.3, -0.25) is 9.59 Å². The van der Waals surface area contributed by atoms with Crippen molar-refractivity contribution >= 4 is 34.8 Å². The highest BCUT2D eigenvalue weighted by Crippen LogP contribution is 2.33. The van der Waals surface area contributed by atoms with E-state index in [0.717, 1.165) is 5.56 Å². The molecule has 2 amide bonds. The van der Waals surface area contributed by atoms with Gasteiger partial charge in [0.1, 0.15) is 0 Å². The highest BCUT2D eigenvalue weighted by Gasteiger charge is 2.22. The molecule has 2 rings (SSSR count). The van der Waals surface area contributed by atoms with Crippen LogP contribution >= 0.6 is 11.6 Å². The first-order valence-electron chi connectivity index (χ1n) is 6.07. The lowest BCUT2D eigenvalue weighted by Gasteiger charge is -2.16. The van der Waals surface area contributed by atoms with Crippen LogP contribution in [0.3, 0.4) is 0 Å². The molecule has 6 heteroatoms. The molecule has 0 fully saturated rings. The fourth-order valence-corrected chi connectivity index (χ4v) is 2.04. The summed E-state index contributed by atoms with van der Waals surface area (Å²) in [5.41, 5.74) is 7.73. The summed E-state index contributed by atoms with van der Waals surface area (Å²) in [5, 5.41) is 5.84. The Morgan fingerprint density at radius 1 is 1.47 bits per heavy atom. The number of fused-ring (bicyclic) bond motifs is 1. The molecule has 0 bridgehead atoms. The number of nitrogens with two attached hydrogens (primary N) is 1. The van der Waals surface area contributed by atoms with Crippen LogP contribution in [0.5, 0.6) is 0 Å². The molecule has 4 N–H and O–H groups in total. The third kappa shape index (κ3) is 2.88. The van der Waals surface area contributed by atoms with Crippen LogP contribution in [0, 0.1) is 5.92 Å². The fourth-order valence-electron chi connectivity index (χ4n) is 1.83. The highest BCUT2D eigenvalue weighted by atomic mass is 35.5. The van der Waals surface area contributed by atoms with Crippen molar-refractivity contribution in [1.29, 1.82) is 0 Å². The summed E-state index contributed by atoms with van der Waals surface area (Å²) in [7, 11) is 0. The number of anilines is 2. The molecule has 2 atom stereocenters. The summed E-state index contributed by atoms with van der Waals surface area (Å²) in [5.74, 6) is -0.572. The summed E-state index contributed by atoms with van der Waals surface area (Å²) in [6.07, 6.45) is 0.304. The quantitative estimate of drug-likeness (QED) is 0.789. The molecular weight excluding hydrogens is 266 g/mol. The van der Waals surface area contributed by atoms with E-state index in [1.165, 1.54) is 0 Å². The molecule has 0 spiro atoms. The van der Waals surface area contributed by atoms with Crippen molar-refractivity contribution in [1.82, 2.24) is 0 Å². The van der Waals surface area contributed by atoms with Gasteiger partial charge in [-0.1, -0.05) is 18.5 Å². The van der Waals surface area contributed by atoms with Crippen molar-refractivity contribution in [2.45, 2.75) is 26.3 Å². The second-order valence-corrected chi connectivity index (χ2v) is 5.26. The van der Waals surface area contributed by atoms with E-state index in [9.17, 15) is 9.59 Å². The van der Waals surface area contributed by atoms with Crippen LogP contribution in [0.1, 0.15) is 19.4 Å². The van der Waals surface area contributed by atoms with Gasteiger partial charge in [0.05, 0.1) is 23.0 Å². The smallest absolute Gasteiger partial charge is 0.228 e. The Balaban J connectivity index is 2.20. The van der Waals surface area contributed by atoms with Gasteiger partial charge in [0, 0.05) is 11.7 Å². The molecule has 1 aliphatic heterocycles. The monoisotopic (exact) mass is 281 g/mol. The lowest BCUT2D eigenvalue weighted by Crippen LogP contribution is -2.34. The zero-order valence-corrected chi connectivity index (χ0v) is 11.5. The number of halogens is 1. The molecule has 5 nitrogen and oxygen atoms in total. The molecule has 0 aromatic heterocycles. The standard InChI is InChI=1S/C13H16ClN3O2/c1-6(7(2)15)13(19)17-11-3-8-4-12(18)16-10(8)5-9(11)14/h3,5-7H,4,15H2,1-2H3,(H,16,18)(H,17,19). The molecular formula is C13H16ClN3O2. The average Bonchev–Trinajstić information content (AvgIpc) is 2.67. The van der Waals surface area contributed by atoms with E-state index in [2.05, 4.69) is 10.6 Å². The summed E-state index contributed by atoms with van der Waals surface area (Å²) in [6, 6.07) is 3.13. The number of hydrogen-bond acceptors (Lipinski definition) is 3. The van der Waals surface area contributed by atoms with Crippen molar-refractivity contribution in [3.05, 3.63) is 22.7 Å². The lowest BCUT2D eigenvalue weighted by atomic mass is 10.0. The minimum absolute atomic E-state index is 0.0708. The minimum Gasteiger partial charge on any atom is -0.327 e. The highest BCUT2D eigenvalue weighted by molar-refractivity contribution is 6.34. The third-order valence-electron chi connectivity index (χ3n) is 3.28. The Bertz CT molecular complexity index is 543. The van der Waals surface area contributed by atoms with Gasteiger partial charge in [0.15, 0.2) is 0 Å². The van der Waals surface area contributed by atoms with Crippen LogP contribution in [0.2, 0.25) is 5.02 Å². The topological polar surface area (TPSA) is 84.2 Å². The van der Waals surface area contributed by atoms with Gasteiger partial charge in [-0.25, -0.2) is 0 Å². The van der Waals surface area contributed by atoms with Crippen molar-refractivity contribution in [3.63, 3.8) is 0 Å². The largest absolute Gasteiger partial charge is 0.327 e. The second kappa shape index (κ2) is 5.19. The molecule has 1 aromatic carbocycles. The number of rotatable bonds is 3. The Kier molecular flexibility index (Phi) is 3.78. The van der Waals surface area contributed by atoms with Crippen LogP contribution in [-0.4, -0.2) is 17.9 Å². The van der Waals surface area contributed by atoms with Crippen molar-refractivity contribution in [2.75, 3.05) is 10.6 Å². The molecule has 2 unspecified atom stereocenters. The summed E-state index contributed by atoms with van der Waals surface area (Å²) >= 11 is 6.09. The predicted octanol–water partition coefficient (Wildman–Crippen LogP) is 1.76. The molecule has 0 aliphatic carbocycles. The van der Waals surface area contributed by atoms with Crippen molar-refractivity contribution < 1.29 is 9.59 Å². The van der Waals surface area contributed by atoms with Gasteiger partial charge in [-0.2, -0.15) is 0 Å². The van der Waals surface area contributed by atoms with Gasteiger partial charge >= 0.3 is 0 Å². The lowest BCUT2D eigenvalue weighted by molar-refractivity contribution is -0.119. The van der Waals surface area contributed by atoms with E-state index < -0.39 is 0 Å². The third-order valence-corrected chi connectivity index (χ3v) is 3.59. The first kappa shape index (κ1) is 13.8. The van der Waals surface area contributed by atoms with E-state index >= 15 is 0 Å². The van der Waals surface area contributed by atoms with Gasteiger partial charge < -0.3 is 16.4 Å². The maximum absolute atomic E-state index is 11.9. The van der Waals surface area contributed by atoms with Crippen molar-refractivity contribution in [3.8, 4) is 0 Å². The molecule has 0 radical (unpaired) electrons. The first-order chi connectivity index (χ1) is 8.88. The summed E-state index contributed by atoms with van der Waals surface area (Å²) in [4.78, 5) is 23.2. The Labute approximate surface area is 116 Å². The van der Waals surface area contributed by atoms with Gasteiger partial charge in [0.25, 0.3) is 0 Å². The van der Waals surface area contributed by atoms with Gasteiger partial charge in [0.2, 0.25) is 11.8 Å². The fraction of sp³-hybridized carbons (Fsp3) is 0.385. The molecule has 1 heterocycles. The Morgan fingerprint density at radius 3 is 2.79 bits per heavy atom. The van der Waals surface area contributed by atoms with Crippen LogP contribution in [0.15, 0.2) is 12.1 Å². The first-order valence-corrected chi connectivity index (χ1v) is 6.45. The number of carbonyl (C=O) groups is 2. The average molecular weight is 282 g/mol. The zero-order chi connectivity index (χ0) is 14.2. The zero-order valence-electron chi connectivity index (χ0n) is 10.8. The van der Waals surface area contributed by atoms with Crippen LogP contribution in [0.4, 0.5) is 11.4 Å². The van der Waals surface area contributed by atoms with E-state index in [4.69, 9.17) is 17.3 Å². The number of nitrogens with one attached hydrogen (secondary N) is 2. The van der Waals surface area contributed by atoms with Crippen LogP contribution in [-0.2, 0) is 16.0 Å². The van der Waals surface area contributed by atoms with Crippen LogP contribution < -0.4 is 16.4 Å². The molecule has 0 saturated carbocycles. The number of amides is 2. The molecule has 1 aliphatic rings. The SMILES string of the molecule is CC(N)C(C)C(=O)Nc1cc2c(cc1Cl)NC(=O)C2. The van der Waals surface area contributed by atoms with E-state index in [1.54, 1.807) is 26.0 Å². The van der Waals surface area contributed by atoms with E-state index in [-0.39, 0.29) is 23.8 Å². The van der Waals surface area contributed by atoms with Crippen molar-refractivity contribution in [2.24, 2.45) is 11.7 Å². The molecule has 19 heavy (non-hydrogen) atoms. The molecule has 0 saturated heterocycles. The van der Waals surface area contributed by atoms with Gasteiger partial charge in [-0.15, -0.1) is 0 Å². The maximum atomic E-state index is 11.9. The Morgan fingerprint density at radius 2 is 2.16 bits per heavy atom. The maximum Gasteiger partial charge on any atom is 0.228 e. The normalized spacial score (nSPS) is 16.5. The molecule has 102 valence electrons. The number of carbonyl (C=O) groups excluding carboxylic acids is 2.